The van der Waals surface area contributed by atoms with Gasteiger partial charge in [0, 0.05) is 2170 Å². The molecule has 0 bridgehead atoms. The third kappa shape index (κ3) is 332. The average molecular weight is 6500 g/mol. The van der Waals surface area contributed by atoms with Gasteiger partial charge in [-0.25, -0.2) is 8.78 Å². The number of amides is 2. The van der Waals surface area contributed by atoms with E-state index in [4.69, 9.17) is 16.6 Å². The van der Waals surface area contributed by atoms with E-state index < -0.39 is 29.2 Å². The van der Waals surface area contributed by atoms with Crippen molar-refractivity contribution in [1.29, 1.82) is 0 Å². The van der Waals surface area contributed by atoms with E-state index >= 15 is 0 Å². The zero-order chi connectivity index (χ0) is 24.3. The number of aromatic hydroxyl groups is 1. The zero-order valence-corrected chi connectivity index (χ0v) is 246. The fourth-order valence-electron chi connectivity index (χ4n) is 1.89. The van der Waals surface area contributed by atoms with Crippen molar-refractivity contribution in [2.75, 3.05) is 7.11 Å². The number of ether oxygens (including phenoxy) is 1. The Morgan fingerprint density at radius 1 is 0.309 bits per heavy atom. The standard InChI is InChI=1S/C9H8FNO3.C8H6FNO3.BBr3.66Y/c1-14-8-6(4-12)2-5(9(11)13)3-7(8)10;9-6-2-4(8(10)13)1-5(3-11)7(6)12;2-1(3)4;;;;;;;;;;;;;;;;;;;;;;;;;;;;;;;;;;;;;;;;;;;;;;;;;;;;;;;;;;;;;;;;;;/h2-4H,1H3,(H2,11,13);1-3H,(H3,10,11,12,13);;;;;;;;;;;;;;;;;;;;;;;;;;;;;;;;;;;;;;;;;;;;;;;;;;;;;;;;;;;;;;;;;;;/p-2. The van der Waals surface area contributed by atoms with E-state index in [2.05, 4.69) is 52.0 Å². The van der Waals surface area contributed by atoms with Crippen LogP contribution in [-0.2, 0) is 2160 Å². The summed E-state index contributed by atoms with van der Waals surface area (Å²) in [7, 11) is 1.22. The first-order chi connectivity index (χ1) is 14.4. The van der Waals surface area contributed by atoms with Crippen molar-refractivity contribution in [3.05, 3.63) is 69.6 Å². The Hall–Kier alpha value is 70.5. The first kappa shape index (κ1) is 460. The Balaban J connectivity index is -0.00000000164. The second-order valence-corrected chi connectivity index (χ2v) is 11.6. The van der Waals surface area contributed by atoms with Crippen molar-refractivity contribution < 1.29 is 2200 Å². The van der Waals surface area contributed by atoms with Gasteiger partial charge in [-0.15, -0.1) is 47.3 Å². The fraction of sp³-hybridized carbons (Fsp3) is 0.0588. The van der Waals surface area contributed by atoms with Gasteiger partial charge in [0.2, 0.25) is 0 Å². The number of methoxy groups -OCH3 is 1. The Morgan fingerprint density at radius 2 is 0.433 bits per heavy atom. The van der Waals surface area contributed by atoms with E-state index in [1.807, 2.05) is 0 Å². The molecule has 0 saturated heterocycles. The maximum Gasteiger partial charge on any atom is 0.369 e. The number of aldehydes is 2. The quantitative estimate of drug-likeness (QED) is 0.315. The van der Waals surface area contributed by atoms with Crippen molar-refractivity contribution in [3.8, 4) is 11.5 Å². The van der Waals surface area contributed by atoms with Crippen LogP contribution in [0.25, 0.3) is 11.5 Å². The molecule has 0 fully saturated rings. The van der Waals surface area contributed by atoms with Gasteiger partial charge in [0.05, 0.1) is 30.1 Å². The van der Waals surface area contributed by atoms with Crippen LogP contribution in [0, 0.1) is 11.6 Å². The van der Waals surface area contributed by atoms with E-state index in [9.17, 15) is 28.0 Å². The maximum atomic E-state index is 13.1. The third-order valence-corrected chi connectivity index (χ3v) is 3.15. The van der Waals surface area contributed by atoms with Crippen molar-refractivity contribution in [1.82, 2.24) is 0 Å². The molecule has 0 aliphatic rings. The van der Waals surface area contributed by atoms with Gasteiger partial charge in [-0.1, -0.05) is 0 Å². The van der Waals surface area contributed by atoms with E-state index in [1.54, 1.807) is 0 Å². The van der Waals surface area contributed by atoms with Crippen LogP contribution < -0.4 is 4.74 Å². The Morgan fingerprint density at radius 3 is 0.546 bits per heavy atom. The molecule has 2 aromatic carbocycles. The molecule has 0 spiro atoms. The summed E-state index contributed by atoms with van der Waals surface area (Å²) >= 11 is 9.31. The maximum absolute atomic E-state index is 13.1. The predicted octanol–water partition coefficient (Wildman–Crippen LogP) is 5.37. The Bertz CT molecular complexity index is 1060. The topological polar surface area (TPSA) is 145 Å². The molecule has 80 heteroatoms. The summed E-state index contributed by atoms with van der Waals surface area (Å²) in [5, 5.41) is 8.93. The number of carbonyl (C=O) groups excluding carboxylic acids is 4. The number of phenolic OH excluding ortho intramolecular Hbond substituents is 1. The summed E-state index contributed by atoms with van der Waals surface area (Å²) in [4.78, 5) is 41.8. The molecular weight excluding hydrogens is 6480 g/mol. The zero-order valence-electron chi connectivity index (χ0n) is 53.5. The van der Waals surface area contributed by atoms with E-state index in [-0.39, 0.29) is 2200 Å². The monoisotopic (exact) mass is 6490 g/mol. The predicted molar refractivity (Wildman–Crippen MR) is 122 cm³/mol. The number of benzene rings is 2. The third-order valence-electron chi connectivity index (χ3n) is 3.15. The van der Waals surface area contributed by atoms with Crippen molar-refractivity contribution in [2.45, 2.75) is 0 Å². The smallest absolute Gasteiger partial charge is 0.369 e. The van der Waals surface area contributed by atoms with Gasteiger partial charge in [0.25, 0.3) is 0 Å². The van der Waals surface area contributed by atoms with Gasteiger partial charge < -0.3 is 30.9 Å². The SMILES string of the molecule is BrB(Br)Br.COc1c(F)cc(C([NH-])=O)cc1C=O.[NH-]C(=O)c1cc(F)c(O)c(C=O)c1.[Y].[Y].[Y].[Y].[Y].[Y].[Y].[Y].[Y].[Y].[Y].[Y].[Y].[Y].[Y].[Y].[Y].[Y].[Y].[Y].[Y].[Y].[Y].[Y].[Y].[Y].[Y].[Y].[Y].[Y].[Y].[Y].[Y].[Y].[Y].[Y].[Y].[Y].[Y].[Y].[Y].[Y].[Y].[Y].[Y].[Y].[Y].[Y].[Y].[Y].[Y].[Y].[Y].[Y].[Y].[Y].[Y].[Y].[Y].[Y].[Y].[Y].[Y].[Y].[Y].[Y]. The first-order valence-electron chi connectivity index (χ1n) is 7.64. The number of hydrogen-bond acceptors (Lipinski definition) is 6. The van der Waals surface area contributed by atoms with Crippen LogP contribution in [-0.4, -0.2) is 39.8 Å². The summed E-state index contributed by atoms with van der Waals surface area (Å²) < 4.78 is 30.8. The van der Waals surface area contributed by atoms with Crippen molar-refractivity contribution >= 4 is 74.8 Å². The molecule has 2 amide bonds. The van der Waals surface area contributed by atoms with Crippen LogP contribution in [0.5, 0.6) is 11.5 Å². The van der Waals surface area contributed by atoms with Crippen LogP contribution in [0.3, 0.4) is 0 Å². The van der Waals surface area contributed by atoms with E-state index in [1.165, 1.54) is 7.11 Å². The van der Waals surface area contributed by atoms with Gasteiger partial charge in [0.15, 0.2) is 35.7 Å². The molecule has 2 aromatic rings. The summed E-state index contributed by atoms with van der Waals surface area (Å²) in [6.45, 7) is 0. The number of hydrogen-bond donors (Lipinski definition) is 1. The van der Waals surface area contributed by atoms with Crippen LogP contribution in [0.1, 0.15) is 41.4 Å². The Kier molecular flexibility index (Phi) is 1770. The minimum atomic E-state index is -1.11. The number of phenols is 1. The largest absolute Gasteiger partial charge is 0.664 e. The summed E-state index contributed by atoms with van der Waals surface area (Å²) in [5.41, 5.74) is 12.5. The number of carbonyl (C=O) groups is 4. The van der Waals surface area contributed by atoms with E-state index in [0.29, 0.717) is 12.4 Å². The molecule has 0 unspecified atom stereocenters. The average Bonchev–Trinajstić information content (AvgIpc) is 2.69. The molecule has 97 heavy (non-hydrogen) atoms. The van der Waals surface area contributed by atoms with Gasteiger partial charge in [-0.05, 0) is 24.3 Å². The first-order valence-corrected chi connectivity index (χ1v) is 10.4. The second-order valence-electron chi connectivity index (χ2n) is 5.12. The Labute approximate surface area is 2270 Å². The normalized spacial score (nSPS) is 2.95. The van der Waals surface area contributed by atoms with Gasteiger partial charge in [-0.2, -0.15) is 0 Å². The molecule has 66 radical (unpaired) electrons. The molecule has 0 saturated carbocycles. The molecule has 364 valence electrons. The number of nitrogens with one attached hydrogen (secondary N) is 2. The van der Waals surface area contributed by atoms with Crippen molar-refractivity contribution in [3.63, 3.8) is 0 Å². The van der Waals surface area contributed by atoms with Crippen LogP contribution in [0.2, 0.25) is 0 Å². The molecule has 0 heterocycles. The molecule has 0 atom stereocenters. The van der Waals surface area contributed by atoms with Crippen LogP contribution in [0.4, 0.5) is 8.78 Å². The molecule has 0 aliphatic heterocycles. The molecule has 8 nitrogen and oxygen atoms in total. The number of halogens is 5. The molecular formula is C17H12BBr3F2N2O6Y66-2. The summed E-state index contributed by atoms with van der Waals surface area (Å²) in [6.07, 6.45) is 0.583. The molecule has 0 aromatic heterocycles. The van der Waals surface area contributed by atoms with Gasteiger partial charge in [0.1, 0.15) is 0 Å². The fourth-order valence-corrected chi connectivity index (χ4v) is 1.89. The van der Waals surface area contributed by atoms with Crippen LogP contribution >= 0.6 is 47.3 Å². The summed E-state index contributed by atoms with van der Waals surface area (Å²) in [5.74, 6) is -5.09. The molecule has 2 rings (SSSR count). The van der Waals surface area contributed by atoms with Gasteiger partial charge >= 0.3 is 3.18 Å². The molecule has 3 N–H and O–H groups in total. The van der Waals surface area contributed by atoms with Crippen molar-refractivity contribution in [2.24, 2.45) is 0 Å². The van der Waals surface area contributed by atoms with E-state index in [0.717, 1.165) is 18.2 Å². The molecule has 0 aliphatic carbocycles. The van der Waals surface area contributed by atoms with Crippen LogP contribution in [0.15, 0.2) is 24.3 Å². The minimum absolute atomic E-state index is 0. The minimum Gasteiger partial charge on any atom is -0.664 e. The second kappa shape index (κ2) is 373. The summed E-state index contributed by atoms with van der Waals surface area (Å²) in [6, 6.07) is 3.64. The van der Waals surface area contributed by atoms with Gasteiger partial charge in [-0.3, -0.25) is 9.59 Å². The number of rotatable bonds is 5.